The van der Waals surface area contributed by atoms with E-state index < -0.39 is 0 Å². The minimum atomic E-state index is 0.856. The largest absolute Gasteiger partial charge is 0.460 e. The van der Waals surface area contributed by atoms with Crippen molar-refractivity contribution in [2.45, 2.75) is 13.3 Å². The molecule has 0 radical (unpaired) electrons. The van der Waals surface area contributed by atoms with Gasteiger partial charge in [-0.25, -0.2) is 0 Å². The number of benzene rings is 2. The lowest BCUT2D eigenvalue weighted by Crippen LogP contribution is -1.83. The highest BCUT2D eigenvalue weighted by Crippen LogP contribution is 2.24. The number of aryl methyl sites for hydroxylation is 1. The zero-order chi connectivity index (χ0) is 11.7. The first-order chi connectivity index (χ1) is 8.33. The van der Waals surface area contributed by atoms with Crippen LogP contribution in [-0.4, -0.2) is 0 Å². The van der Waals surface area contributed by atoms with Gasteiger partial charge in [0.15, 0.2) is 0 Å². The van der Waals surface area contributed by atoms with E-state index in [1.54, 1.807) is 0 Å². The molecule has 0 atom stereocenters. The molecule has 0 spiro atoms. The summed E-state index contributed by atoms with van der Waals surface area (Å²) in [7, 11) is 0. The third-order valence-electron chi connectivity index (χ3n) is 3.01. The van der Waals surface area contributed by atoms with Gasteiger partial charge in [0.2, 0.25) is 0 Å². The van der Waals surface area contributed by atoms with Gasteiger partial charge in [-0.1, -0.05) is 48.5 Å². The van der Waals surface area contributed by atoms with E-state index >= 15 is 0 Å². The molecule has 0 amide bonds. The summed E-state index contributed by atoms with van der Waals surface area (Å²) in [6, 6.07) is 18.8. The SMILES string of the molecule is Cc1cccc2cc(Cc3ccccc3)oc12. The van der Waals surface area contributed by atoms with Crippen molar-refractivity contribution in [2.75, 3.05) is 0 Å². The Bertz CT molecular complexity index is 635. The van der Waals surface area contributed by atoms with Crippen LogP contribution in [0.4, 0.5) is 0 Å². The molecule has 1 nitrogen and oxygen atoms in total. The van der Waals surface area contributed by atoms with Crippen molar-refractivity contribution in [3.8, 4) is 0 Å². The lowest BCUT2D eigenvalue weighted by atomic mass is 10.1. The van der Waals surface area contributed by atoms with E-state index in [4.69, 9.17) is 4.42 Å². The molecule has 0 fully saturated rings. The van der Waals surface area contributed by atoms with Crippen LogP contribution in [-0.2, 0) is 6.42 Å². The third kappa shape index (κ3) is 1.96. The van der Waals surface area contributed by atoms with Gasteiger partial charge in [-0.05, 0) is 24.1 Å². The summed E-state index contributed by atoms with van der Waals surface area (Å²) in [5, 5.41) is 1.19. The Balaban J connectivity index is 1.99. The van der Waals surface area contributed by atoms with Crippen LogP contribution in [0.15, 0.2) is 59.0 Å². The molecule has 0 aliphatic rings. The van der Waals surface area contributed by atoms with Gasteiger partial charge in [-0.2, -0.15) is 0 Å². The number of para-hydroxylation sites is 1. The van der Waals surface area contributed by atoms with E-state index in [9.17, 15) is 0 Å². The number of rotatable bonds is 2. The van der Waals surface area contributed by atoms with Crippen LogP contribution >= 0.6 is 0 Å². The van der Waals surface area contributed by atoms with E-state index in [1.165, 1.54) is 16.5 Å². The van der Waals surface area contributed by atoms with Crippen molar-refractivity contribution in [1.82, 2.24) is 0 Å². The predicted octanol–water partition coefficient (Wildman–Crippen LogP) is 4.33. The van der Waals surface area contributed by atoms with Gasteiger partial charge >= 0.3 is 0 Å². The molecule has 0 aliphatic carbocycles. The van der Waals surface area contributed by atoms with Crippen molar-refractivity contribution in [1.29, 1.82) is 0 Å². The van der Waals surface area contributed by atoms with Crippen molar-refractivity contribution in [3.05, 3.63) is 71.5 Å². The van der Waals surface area contributed by atoms with Gasteiger partial charge in [0, 0.05) is 11.8 Å². The van der Waals surface area contributed by atoms with Crippen LogP contribution in [0.25, 0.3) is 11.0 Å². The van der Waals surface area contributed by atoms with Crippen LogP contribution < -0.4 is 0 Å². The fourth-order valence-corrected chi connectivity index (χ4v) is 2.15. The van der Waals surface area contributed by atoms with Crippen molar-refractivity contribution >= 4 is 11.0 Å². The van der Waals surface area contributed by atoms with E-state index in [1.807, 2.05) is 6.07 Å². The van der Waals surface area contributed by atoms with Crippen molar-refractivity contribution in [3.63, 3.8) is 0 Å². The van der Waals surface area contributed by atoms with Crippen LogP contribution in [0.1, 0.15) is 16.9 Å². The average Bonchev–Trinajstić information content (AvgIpc) is 2.74. The maximum atomic E-state index is 5.90. The number of fused-ring (bicyclic) bond motifs is 1. The molecule has 0 N–H and O–H groups in total. The minimum Gasteiger partial charge on any atom is -0.460 e. The molecule has 84 valence electrons. The number of furan rings is 1. The maximum Gasteiger partial charge on any atom is 0.137 e. The first-order valence-corrected chi connectivity index (χ1v) is 5.85. The molecular weight excluding hydrogens is 208 g/mol. The summed E-state index contributed by atoms with van der Waals surface area (Å²) in [6.07, 6.45) is 0.856. The molecule has 1 aromatic heterocycles. The summed E-state index contributed by atoms with van der Waals surface area (Å²) in [5.74, 6) is 1.03. The minimum absolute atomic E-state index is 0.856. The highest BCUT2D eigenvalue weighted by atomic mass is 16.3. The first-order valence-electron chi connectivity index (χ1n) is 5.85. The zero-order valence-electron chi connectivity index (χ0n) is 9.81. The second kappa shape index (κ2) is 4.10. The fraction of sp³-hybridized carbons (Fsp3) is 0.125. The second-order valence-corrected chi connectivity index (χ2v) is 4.37. The molecule has 2 aromatic carbocycles. The Labute approximate surface area is 101 Å². The van der Waals surface area contributed by atoms with Gasteiger partial charge in [0.1, 0.15) is 11.3 Å². The van der Waals surface area contributed by atoms with E-state index in [0.29, 0.717) is 0 Å². The Hall–Kier alpha value is -2.02. The summed E-state index contributed by atoms with van der Waals surface area (Å²) in [4.78, 5) is 0. The number of hydrogen-bond donors (Lipinski definition) is 0. The molecule has 0 unspecified atom stereocenters. The highest BCUT2D eigenvalue weighted by Gasteiger charge is 2.05. The zero-order valence-corrected chi connectivity index (χ0v) is 9.81. The topological polar surface area (TPSA) is 13.1 Å². The van der Waals surface area contributed by atoms with Crippen LogP contribution in [0.2, 0.25) is 0 Å². The normalized spacial score (nSPS) is 10.9. The third-order valence-corrected chi connectivity index (χ3v) is 3.01. The highest BCUT2D eigenvalue weighted by molar-refractivity contribution is 5.80. The van der Waals surface area contributed by atoms with Crippen LogP contribution in [0, 0.1) is 6.92 Å². The lowest BCUT2D eigenvalue weighted by molar-refractivity contribution is 0.561. The molecule has 0 bridgehead atoms. The molecule has 17 heavy (non-hydrogen) atoms. The molecule has 3 aromatic rings. The molecule has 1 heteroatoms. The summed E-state index contributed by atoms with van der Waals surface area (Å²) >= 11 is 0. The number of hydrogen-bond acceptors (Lipinski definition) is 1. The van der Waals surface area contributed by atoms with Gasteiger partial charge in [-0.15, -0.1) is 0 Å². The van der Waals surface area contributed by atoms with Gasteiger partial charge in [-0.3, -0.25) is 0 Å². The van der Waals surface area contributed by atoms with Crippen molar-refractivity contribution < 1.29 is 4.42 Å². The van der Waals surface area contributed by atoms with E-state index in [0.717, 1.165) is 17.8 Å². The Morgan fingerprint density at radius 2 is 1.76 bits per heavy atom. The Kier molecular flexibility index (Phi) is 2.45. The Morgan fingerprint density at radius 1 is 0.941 bits per heavy atom. The van der Waals surface area contributed by atoms with E-state index in [2.05, 4.69) is 55.5 Å². The monoisotopic (exact) mass is 222 g/mol. The second-order valence-electron chi connectivity index (χ2n) is 4.37. The summed E-state index contributed by atoms with van der Waals surface area (Å²) < 4.78 is 5.90. The van der Waals surface area contributed by atoms with Gasteiger partial charge in [0.05, 0.1) is 0 Å². The molecular formula is C16H14O. The van der Waals surface area contributed by atoms with Crippen LogP contribution in [0.5, 0.6) is 0 Å². The van der Waals surface area contributed by atoms with Crippen LogP contribution in [0.3, 0.4) is 0 Å². The molecule has 0 saturated carbocycles. The Morgan fingerprint density at radius 3 is 2.53 bits per heavy atom. The average molecular weight is 222 g/mol. The quantitative estimate of drug-likeness (QED) is 0.629. The maximum absolute atomic E-state index is 5.90. The molecule has 0 saturated heterocycles. The van der Waals surface area contributed by atoms with Gasteiger partial charge < -0.3 is 4.42 Å². The smallest absolute Gasteiger partial charge is 0.137 e. The molecule has 1 heterocycles. The van der Waals surface area contributed by atoms with E-state index in [-0.39, 0.29) is 0 Å². The molecule has 3 rings (SSSR count). The fourth-order valence-electron chi connectivity index (χ4n) is 2.15. The molecule has 0 aliphatic heterocycles. The lowest BCUT2D eigenvalue weighted by Gasteiger charge is -1.96. The van der Waals surface area contributed by atoms with Gasteiger partial charge in [0.25, 0.3) is 0 Å². The van der Waals surface area contributed by atoms with Crippen molar-refractivity contribution in [2.24, 2.45) is 0 Å². The first kappa shape index (κ1) is 10.2. The summed E-state index contributed by atoms with van der Waals surface area (Å²) in [6.45, 7) is 2.08. The standard InChI is InChI=1S/C16H14O/c1-12-6-5-9-14-11-15(17-16(12)14)10-13-7-3-2-4-8-13/h2-9,11H,10H2,1H3. The predicted molar refractivity (Wildman–Crippen MR) is 70.2 cm³/mol. The summed E-state index contributed by atoms with van der Waals surface area (Å²) in [5.41, 5.74) is 3.49.